The number of hydrogen-bond donors (Lipinski definition) is 0. The van der Waals surface area contributed by atoms with Crippen LogP contribution < -0.4 is 0 Å². The zero-order valence-corrected chi connectivity index (χ0v) is 15.9. The van der Waals surface area contributed by atoms with Crippen LogP contribution in [0.5, 0.6) is 0 Å². The third-order valence-electron chi connectivity index (χ3n) is 7.81. The van der Waals surface area contributed by atoms with Gasteiger partial charge in [-0.05, 0) is 68.5 Å². The first kappa shape index (κ1) is 16.1. The highest BCUT2D eigenvalue weighted by molar-refractivity contribution is 5.97. The SMILES string of the molecule is O=C1CC2(CCN(Cc3ccccc3)CC2)Cc2cn(C34CC(C3)C4)nc21. The van der Waals surface area contributed by atoms with Crippen LogP contribution in [0.1, 0.15) is 60.1 Å². The van der Waals surface area contributed by atoms with E-state index in [2.05, 4.69) is 46.1 Å². The average Bonchev–Trinajstić information content (AvgIpc) is 2.99. The molecule has 0 radical (unpaired) electrons. The number of ketones is 1. The minimum Gasteiger partial charge on any atom is -0.299 e. The van der Waals surface area contributed by atoms with Crippen molar-refractivity contribution < 1.29 is 4.79 Å². The highest BCUT2D eigenvalue weighted by atomic mass is 16.1. The number of hydrogen-bond acceptors (Lipinski definition) is 3. The first-order valence-corrected chi connectivity index (χ1v) is 10.5. The summed E-state index contributed by atoms with van der Waals surface area (Å²) in [5.41, 5.74) is 3.86. The molecule has 0 N–H and O–H groups in total. The summed E-state index contributed by atoms with van der Waals surface area (Å²) >= 11 is 0. The van der Waals surface area contributed by atoms with Crippen LogP contribution in [-0.2, 0) is 18.5 Å². The van der Waals surface area contributed by atoms with E-state index < -0.39 is 0 Å². The number of piperidine rings is 1. The number of nitrogens with zero attached hydrogens (tertiary/aromatic N) is 3. The number of fused-ring (bicyclic) bond motifs is 1. The van der Waals surface area contributed by atoms with Crippen molar-refractivity contribution in [3.8, 4) is 0 Å². The molecule has 140 valence electrons. The summed E-state index contributed by atoms with van der Waals surface area (Å²) in [5, 5.41) is 4.77. The summed E-state index contributed by atoms with van der Waals surface area (Å²) in [6.45, 7) is 3.21. The third-order valence-corrected chi connectivity index (χ3v) is 7.81. The fourth-order valence-electron chi connectivity index (χ4n) is 6.00. The number of aromatic nitrogens is 2. The Labute approximate surface area is 160 Å². The summed E-state index contributed by atoms with van der Waals surface area (Å²) < 4.78 is 2.18. The van der Waals surface area contributed by atoms with Crippen molar-refractivity contribution in [2.45, 2.75) is 57.0 Å². The quantitative estimate of drug-likeness (QED) is 0.834. The Kier molecular flexibility index (Phi) is 3.29. The van der Waals surface area contributed by atoms with Gasteiger partial charge in [-0.25, -0.2) is 0 Å². The Bertz CT molecular complexity index is 875. The number of benzene rings is 1. The van der Waals surface area contributed by atoms with E-state index in [9.17, 15) is 4.79 Å². The van der Waals surface area contributed by atoms with Crippen LogP contribution >= 0.6 is 0 Å². The summed E-state index contributed by atoms with van der Waals surface area (Å²) in [6.07, 6.45) is 10.1. The molecule has 4 fully saturated rings. The minimum atomic E-state index is 0.171. The Morgan fingerprint density at radius 2 is 1.78 bits per heavy atom. The zero-order valence-electron chi connectivity index (χ0n) is 15.9. The topological polar surface area (TPSA) is 38.1 Å². The van der Waals surface area contributed by atoms with Gasteiger partial charge >= 0.3 is 0 Å². The van der Waals surface area contributed by atoms with Gasteiger partial charge < -0.3 is 0 Å². The summed E-state index contributed by atoms with van der Waals surface area (Å²) in [6, 6.07) is 10.7. The van der Waals surface area contributed by atoms with Crippen molar-refractivity contribution in [1.82, 2.24) is 14.7 Å². The standard InChI is InChI=1S/C23H27N3O/c27-20-14-22(6-8-25(9-7-22)15-17-4-2-1-3-5-17)13-19-16-26(24-21(19)20)23-10-18(11-23)12-23/h1-5,16,18H,6-15H2. The van der Waals surface area contributed by atoms with Crippen molar-refractivity contribution in [2.75, 3.05) is 13.1 Å². The largest absolute Gasteiger partial charge is 0.299 e. The molecule has 0 atom stereocenters. The molecule has 27 heavy (non-hydrogen) atoms. The van der Waals surface area contributed by atoms with Crippen LogP contribution in [0.25, 0.3) is 0 Å². The smallest absolute Gasteiger partial charge is 0.183 e. The van der Waals surface area contributed by atoms with Gasteiger partial charge in [0.15, 0.2) is 5.78 Å². The molecule has 1 aromatic carbocycles. The summed E-state index contributed by atoms with van der Waals surface area (Å²) in [4.78, 5) is 15.4. The molecule has 2 heterocycles. The monoisotopic (exact) mass is 361 g/mol. The molecule has 0 amide bonds. The van der Waals surface area contributed by atoms with E-state index in [1.54, 1.807) is 0 Å². The van der Waals surface area contributed by atoms with Gasteiger partial charge in [0.2, 0.25) is 0 Å². The lowest BCUT2D eigenvalue weighted by atomic mass is 9.50. The molecule has 1 spiro atoms. The van der Waals surface area contributed by atoms with E-state index in [0.29, 0.717) is 6.42 Å². The van der Waals surface area contributed by atoms with E-state index in [4.69, 9.17) is 5.10 Å². The van der Waals surface area contributed by atoms with Crippen molar-refractivity contribution in [3.05, 3.63) is 53.3 Å². The van der Waals surface area contributed by atoms with Crippen LogP contribution in [0.15, 0.2) is 36.5 Å². The van der Waals surface area contributed by atoms with Crippen LogP contribution in [0.2, 0.25) is 0 Å². The Morgan fingerprint density at radius 1 is 1.04 bits per heavy atom. The van der Waals surface area contributed by atoms with Gasteiger partial charge in [-0.1, -0.05) is 30.3 Å². The van der Waals surface area contributed by atoms with Crippen LogP contribution in [-0.4, -0.2) is 33.6 Å². The van der Waals surface area contributed by atoms with Crippen LogP contribution in [0.4, 0.5) is 0 Å². The Balaban J connectivity index is 1.17. The lowest BCUT2D eigenvalue weighted by molar-refractivity contribution is -0.0979. The number of carbonyl (C=O) groups is 1. The maximum absolute atomic E-state index is 12.9. The molecular weight excluding hydrogens is 334 g/mol. The van der Waals surface area contributed by atoms with Crippen LogP contribution in [0.3, 0.4) is 0 Å². The van der Waals surface area contributed by atoms with Crippen LogP contribution in [0, 0.1) is 11.3 Å². The van der Waals surface area contributed by atoms with Gasteiger partial charge in [0.1, 0.15) is 5.69 Å². The van der Waals surface area contributed by atoms with Gasteiger partial charge in [-0.15, -0.1) is 0 Å². The molecule has 5 aliphatic rings. The van der Waals surface area contributed by atoms with Crippen molar-refractivity contribution >= 4 is 5.78 Å². The van der Waals surface area contributed by atoms with Gasteiger partial charge in [-0.3, -0.25) is 14.4 Å². The van der Waals surface area contributed by atoms with Gasteiger partial charge in [-0.2, -0.15) is 5.10 Å². The summed E-state index contributed by atoms with van der Waals surface area (Å²) in [5.74, 6) is 1.22. The molecule has 1 aliphatic heterocycles. The molecule has 2 aromatic rings. The molecule has 1 aromatic heterocycles. The predicted octanol–water partition coefficient (Wildman–Crippen LogP) is 3.80. The van der Waals surface area contributed by atoms with Crippen molar-refractivity contribution in [2.24, 2.45) is 11.3 Å². The highest BCUT2D eigenvalue weighted by Crippen LogP contribution is 2.62. The molecule has 4 heteroatoms. The number of likely N-dealkylation sites (tertiary alicyclic amines) is 1. The van der Waals surface area contributed by atoms with E-state index in [0.717, 1.165) is 50.5 Å². The predicted molar refractivity (Wildman–Crippen MR) is 104 cm³/mol. The highest BCUT2D eigenvalue weighted by Gasteiger charge is 2.59. The normalized spacial score (nSPS) is 31.3. The number of rotatable bonds is 3. The summed E-state index contributed by atoms with van der Waals surface area (Å²) in [7, 11) is 0. The van der Waals surface area contributed by atoms with Crippen molar-refractivity contribution in [1.29, 1.82) is 0 Å². The lowest BCUT2D eigenvalue weighted by Gasteiger charge is -2.61. The molecule has 4 aliphatic carbocycles. The van der Waals surface area contributed by atoms with Gasteiger partial charge in [0.25, 0.3) is 0 Å². The average molecular weight is 361 g/mol. The molecule has 3 saturated carbocycles. The molecule has 1 saturated heterocycles. The fraction of sp³-hybridized carbons (Fsp3) is 0.565. The van der Waals surface area contributed by atoms with Gasteiger partial charge in [0.05, 0.1) is 5.54 Å². The van der Waals surface area contributed by atoms with Gasteiger partial charge in [0, 0.05) is 24.7 Å². The Morgan fingerprint density at radius 3 is 2.44 bits per heavy atom. The van der Waals surface area contributed by atoms with Crippen molar-refractivity contribution in [3.63, 3.8) is 0 Å². The zero-order chi connectivity index (χ0) is 18.1. The third kappa shape index (κ3) is 2.46. The second-order valence-electron chi connectivity index (χ2n) is 9.69. The maximum atomic E-state index is 12.9. The number of Topliss-reactive ketones (excluding diaryl/α,β-unsaturated/α-hetero) is 1. The minimum absolute atomic E-state index is 0.171. The molecule has 7 rings (SSSR count). The maximum Gasteiger partial charge on any atom is 0.183 e. The molecule has 4 nitrogen and oxygen atoms in total. The second kappa shape index (κ2) is 5.54. The molecule has 2 bridgehead atoms. The fourth-order valence-corrected chi connectivity index (χ4v) is 6.00. The first-order valence-electron chi connectivity index (χ1n) is 10.5. The number of carbonyl (C=O) groups excluding carboxylic acids is 1. The van der Waals surface area contributed by atoms with E-state index in [1.165, 1.54) is 30.4 Å². The lowest BCUT2D eigenvalue weighted by Crippen LogP contribution is -2.59. The Hall–Kier alpha value is -1.94. The van der Waals surface area contributed by atoms with E-state index in [-0.39, 0.29) is 16.7 Å². The van der Waals surface area contributed by atoms with E-state index in [1.807, 2.05) is 0 Å². The first-order chi connectivity index (χ1) is 13.1. The molecule has 0 unspecified atom stereocenters. The second-order valence-corrected chi connectivity index (χ2v) is 9.69. The molecular formula is C23H27N3O. The van der Waals surface area contributed by atoms with E-state index >= 15 is 0 Å².